The third kappa shape index (κ3) is 4.37. The molecule has 0 bridgehead atoms. The van der Waals surface area contributed by atoms with Crippen LogP contribution in [-0.2, 0) is 22.6 Å². The molecule has 0 aliphatic carbocycles. The highest BCUT2D eigenvalue weighted by Gasteiger charge is 2.22. The van der Waals surface area contributed by atoms with E-state index in [-0.39, 0.29) is 12.5 Å². The molecule has 7 heteroatoms. The van der Waals surface area contributed by atoms with Crippen LogP contribution in [0.2, 0.25) is 0 Å². The molecule has 7 nitrogen and oxygen atoms in total. The minimum absolute atomic E-state index is 0.0412. The summed E-state index contributed by atoms with van der Waals surface area (Å²) in [5, 5.41) is 12.9. The van der Waals surface area contributed by atoms with Gasteiger partial charge >= 0.3 is 5.97 Å². The lowest BCUT2D eigenvalue weighted by molar-refractivity contribution is -0.137. The zero-order valence-corrected chi connectivity index (χ0v) is 12.8. The Kier molecular flexibility index (Phi) is 4.99. The van der Waals surface area contributed by atoms with Crippen LogP contribution in [0.5, 0.6) is 0 Å². The van der Waals surface area contributed by atoms with E-state index in [1.807, 2.05) is 24.5 Å². The van der Waals surface area contributed by atoms with Gasteiger partial charge in [-0.15, -0.1) is 0 Å². The topological polar surface area (TPSA) is 80.5 Å². The Morgan fingerprint density at radius 3 is 3.13 bits per heavy atom. The lowest BCUT2D eigenvalue weighted by atomic mass is 10.1. The van der Waals surface area contributed by atoms with Gasteiger partial charge in [0, 0.05) is 49.4 Å². The SMILES string of the molecule is O=C(O)CCn1cc(CN2CCO[C@@H](c3cccnc3)C2)cn1. The van der Waals surface area contributed by atoms with Crippen molar-refractivity contribution in [2.75, 3.05) is 19.7 Å². The fraction of sp³-hybridized carbons (Fsp3) is 0.438. The first-order valence-corrected chi connectivity index (χ1v) is 7.68. The maximum atomic E-state index is 10.6. The molecule has 3 heterocycles. The molecule has 0 saturated carbocycles. The van der Waals surface area contributed by atoms with Gasteiger partial charge in [0.2, 0.25) is 0 Å². The average Bonchev–Trinajstić information content (AvgIpc) is 3.01. The van der Waals surface area contributed by atoms with E-state index in [4.69, 9.17) is 9.84 Å². The summed E-state index contributed by atoms with van der Waals surface area (Å²) in [6, 6.07) is 3.95. The van der Waals surface area contributed by atoms with Crippen molar-refractivity contribution in [2.24, 2.45) is 0 Å². The molecule has 2 aromatic rings. The summed E-state index contributed by atoms with van der Waals surface area (Å²) in [5.74, 6) is -0.811. The van der Waals surface area contributed by atoms with Crippen LogP contribution in [0.15, 0.2) is 36.9 Å². The van der Waals surface area contributed by atoms with Crippen molar-refractivity contribution < 1.29 is 14.6 Å². The number of nitrogens with zero attached hydrogens (tertiary/aromatic N) is 4. The highest BCUT2D eigenvalue weighted by atomic mass is 16.5. The van der Waals surface area contributed by atoms with Gasteiger partial charge in [-0.25, -0.2) is 0 Å². The molecule has 1 atom stereocenters. The molecule has 23 heavy (non-hydrogen) atoms. The Morgan fingerprint density at radius 1 is 1.43 bits per heavy atom. The maximum Gasteiger partial charge on any atom is 0.305 e. The number of carboxylic acids is 1. The van der Waals surface area contributed by atoms with Crippen LogP contribution in [-0.4, -0.2) is 50.4 Å². The van der Waals surface area contributed by atoms with Gasteiger partial charge in [-0.1, -0.05) is 6.07 Å². The first-order valence-electron chi connectivity index (χ1n) is 7.68. The zero-order chi connectivity index (χ0) is 16.1. The van der Waals surface area contributed by atoms with Crippen LogP contribution in [0.4, 0.5) is 0 Å². The van der Waals surface area contributed by atoms with Crippen molar-refractivity contribution in [1.29, 1.82) is 0 Å². The fourth-order valence-corrected chi connectivity index (χ4v) is 2.69. The van der Waals surface area contributed by atoms with Crippen molar-refractivity contribution >= 4 is 5.97 Å². The van der Waals surface area contributed by atoms with Gasteiger partial charge < -0.3 is 9.84 Å². The van der Waals surface area contributed by atoms with Crippen LogP contribution in [0, 0.1) is 0 Å². The Labute approximate surface area is 134 Å². The van der Waals surface area contributed by atoms with E-state index in [0.717, 1.165) is 30.8 Å². The largest absolute Gasteiger partial charge is 0.481 e. The van der Waals surface area contributed by atoms with Gasteiger partial charge in [0.05, 0.1) is 31.9 Å². The molecule has 0 spiro atoms. The molecule has 1 fully saturated rings. The number of aliphatic carboxylic acids is 1. The number of morpholine rings is 1. The zero-order valence-electron chi connectivity index (χ0n) is 12.8. The lowest BCUT2D eigenvalue weighted by Gasteiger charge is -2.32. The van der Waals surface area contributed by atoms with Crippen molar-refractivity contribution in [1.82, 2.24) is 19.7 Å². The molecule has 1 N–H and O–H groups in total. The predicted molar refractivity (Wildman–Crippen MR) is 82.7 cm³/mol. The molecule has 1 aliphatic heterocycles. The van der Waals surface area contributed by atoms with Crippen molar-refractivity contribution in [3.63, 3.8) is 0 Å². The summed E-state index contributed by atoms with van der Waals surface area (Å²) >= 11 is 0. The van der Waals surface area contributed by atoms with Crippen LogP contribution < -0.4 is 0 Å². The molecule has 0 aromatic carbocycles. The average molecular weight is 316 g/mol. The molecule has 3 rings (SSSR count). The number of rotatable bonds is 6. The van der Waals surface area contributed by atoms with Crippen molar-refractivity contribution in [2.45, 2.75) is 25.6 Å². The second-order valence-corrected chi connectivity index (χ2v) is 5.64. The highest BCUT2D eigenvalue weighted by molar-refractivity contribution is 5.66. The summed E-state index contributed by atoms with van der Waals surface area (Å²) in [7, 11) is 0. The van der Waals surface area contributed by atoms with Crippen LogP contribution >= 0.6 is 0 Å². The predicted octanol–water partition coefficient (Wildman–Crippen LogP) is 1.33. The Balaban J connectivity index is 1.56. The number of carbonyl (C=O) groups is 1. The van der Waals surface area contributed by atoms with E-state index in [1.165, 1.54) is 0 Å². The van der Waals surface area contributed by atoms with E-state index < -0.39 is 5.97 Å². The molecular weight excluding hydrogens is 296 g/mol. The molecule has 0 amide bonds. The third-order valence-corrected chi connectivity index (χ3v) is 3.85. The molecule has 1 saturated heterocycles. The van der Waals surface area contributed by atoms with Crippen molar-refractivity contribution in [3.8, 4) is 0 Å². The molecule has 2 aromatic heterocycles. The lowest BCUT2D eigenvalue weighted by Crippen LogP contribution is -2.37. The summed E-state index contributed by atoms with van der Waals surface area (Å²) in [6.45, 7) is 3.56. The fourth-order valence-electron chi connectivity index (χ4n) is 2.69. The summed E-state index contributed by atoms with van der Waals surface area (Å²) in [5.41, 5.74) is 2.18. The molecular formula is C16H20N4O3. The number of carboxylic acid groups (broad SMARTS) is 1. The van der Waals surface area contributed by atoms with Gasteiger partial charge in [-0.05, 0) is 6.07 Å². The number of hydrogen-bond donors (Lipinski definition) is 1. The number of aryl methyl sites for hydroxylation is 1. The molecule has 1 aliphatic rings. The molecule has 0 radical (unpaired) electrons. The smallest absolute Gasteiger partial charge is 0.305 e. The van der Waals surface area contributed by atoms with E-state index in [9.17, 15) is 4.79 Å². The first kappa shape index (κ1) is 15.6. The van der Waals surface area contributed by atoms with E-state index >= 15 is 0 Å². The number of aromatic nitrogens is 3. The molecule has 0 unspecified atom stereocenters. The minimum Gasteiger partial charge on any atom is -0.481 e. The highest BCUT2D eigenvalue weighted by Crippen LogP contribution is 2.22. The van der Waals surface area contributed by atoms with E-state index in [0.29, 0.717) is 13.2 Å². The Bertz CT molecular complexity index is 644. The summed E-state index contributed by atoms with van der Waals surface area (Å²) in [4.78, 5) is 17.1. The first-order chi connectivity index (χ1) is 11.2. The van der Waals surface area contributed by atoms with Gasteiger partial charge in [0.25, 0.3) is 0 Å². The standard InChI is InChI=1S/C16H20N4O3/c21-16(22)3-5-20-11-13(8-18-20)10-19-6-7-23-15(12-19)14-2-1-4-17-9-14/h1-2,4,8-9,11,15H,3,5-7,10,12H2,(H,21,22)/t15-/m1/s1. The van der Waals surface area contributed by atoms with Gasteiger partial charge in [-0.2, -0.15) is 5.10 Å². The monoisotopic (exact) mass is 316 g/mol. The number of pyridine rings is 1. The summed E-state index contributed by atoms with van der Waals surface area (Å²) < 4.78 is 7.52. The number of hydrogen-bond acceptors (Lipinski definition) is 5. The van der Waals surface area contributed by atoms with E-state index in [1.54, 1.807) is 17.1 Å². The van der Waals surface area contributed by atoms with E-state index in [2.05, 4.69) is 15.0 Å². The second kappa shape index (κ2) is 7.34. The summed E-state index contributed by atoms with van der Waals surface area (Å²) in [6.07, 6.45) is 7.45. The Hall–Kier alpha value is -2.25. The van der Waals surface area contributed by atoms with Crippen LogP contribution in [0.25, 0.3) is 0 Å². The Morgan fingerprint density at radius 2 is 2.35 bits per heavy atom. The number of ether oxygens (including phenoxy) is 1. The van der Waals surface area contributed by atoms with Gasteiger partial charge in [-0.3, -0.25) is 19.4 Å². The third-order valence-electron chi connectivity index (χ3n) is 3.85. The van der Waals surface area contributed by atoms with Gasteiger partial charge in [0.1, 0.15) is 0 Å². The van der Waals surface area contributed by atoms with Crippen molar-refractivity contribution in [3.05, 3.63) is 48.0 Å². The quantitative estimate of drug-likeness (QED) is 0.866. The van der Waals surface area contributed by atoms with Crippen LogP contribution in [0.1, 0.15) is 23.7 Å². The molecule has 122 valence electrons. The minimum atomic E-state index is -0.811. The second-order valence-electron chi connectivity index (χ2n) is 5.64. The maximum absolute atomic E-state index is 10.6. The van der Waals surface area contributed by atoms with Gasteiger partial charge in [0.15, 0.2) is 0 Å². The normalized spacial score (nSPS) is 18.9. The van der Waals surface area contributed by atoms with Crippen LogP contribution in [0.3, 0.4) is 0 Å².